The molecule has 1 heteroatoms. The van der Waals surface area contributed by atoms with E-state index in [1.807, 2.05) is 0 Å². The summed E-state index contributed by atoms with van der Waals surface area (Å²) in [6, 6.07) is 11.0. The molecule has 1 aromatic carbocycles. The highest BCUT2D eigenvalue weighted by molar-refractivity contribution is 5.14. The van der Waals surface area contributed by atoms with Crippen LogP contribution in [-0.2, 0) is 6.54 Å². The van der Waals surface area contributed by atoms with Crippen molar-refractivity contribution in [2.75, 3.05) is 13.1 Å². The summed E-state index contributed by atoms with van der Waals surface area (Å²) in [5.74, 6) is 2.87. The Bertz CT molecular complexity index is 356. The molecule has 1 aromatic rings. The van der Waals surface area contributed by atoms with Gasteiger partial charge in [0.25, 0.3) is 0 Å². The average Bonchev–Trinajstić information content (AvgIpc) is 2.61. The van der Waals surface area contributed by atoms with E-state index in [0.717, 1.165) is 24.3 Å². The van der Waals surface area contributed by atoms with Gasteiger partial charge >= 0.3 is 0 Å². The number of fused-ring (bicyclic) bond motifs is 3. The maximum atomic E-state index is 2.71. The van der Waals surface area contributed by atoms with Gasteiger partial charge in [0.15, 0.2) is 0 Å². The van der Waals surface area contributed by atoms with Gasteiger partial charge in [0, 0.05) is 19.6 Å². The van der Waals surface area contributed by atoms with Crippen LogP contribution in [0.1, 0.15) is 38.2 Å². The molecule has 1 nitrogen and oxygen atoms in total. The van der Waals surface area contributed by atoms with Crippen molar-refractivity contribution in [2.24, 2.45) is 17.8 Å². The summed E-state index contributed by atoms with van der Waals surface area (Å²) < 4.78 is 0. The van der Waals surface area contributed by atoms with E-state index in [-0.39, 0.29) is 0 Å². The second kappa shape index (κ2) is 5.44. The molecule has 1 saturated heterocycles. The topological polar surface area (TPSA) is 3.24 Å². The Kier molecular flexibility index (Phi) is 3.69. The van der Waals surface area contributed by atoms with Gasteiger partial charge < -0.3 is 0 Å². The number of likely N-dealkylation sites (tertiary alicyclic amines) is 1. The Labute approximate surface area is 111 Å². The molecular formula is C17H25N. The van der Waals surface area contributed by atoms with Crippen LogP contribution in [0, 0.1) is 17.8 Å². The highest BCUT2D eigenvalue weighted by atomic mass is 15.1. The third-order valence-electron chi connectivity index (χ3n) is 4.74. The lowest BCUT2D eigenvalue weighted by atomic mass is 9.90. The Morgan fingerprint density at radius 1 is 1.00 bits per heavy atom. The van der Waals surface area contributed by atoms with Gasteiger partial charge in [0.1, 0.15) is 0 Å². The largest absolute Gasteiger partial charge is 0.299 e. The smallest absolute Gasteiger partial charge is 0.0233 e. The predicted octanol–water partition coefficient (Wildman–Crippen LogP) is 3.94. The molecule has 18 heavy (non-hydrogen) atoms. The highest BCUT2D eigenvalue weighted by Crippen LogP contribution is 2.35. The fourth-order valence-electron chi connectivity index (χ4n) is 4.05. The van der Waals surface area contributed by atoms with Crippen LogP contribution in [0.2, 0.25) is 0 Å². The zero-order valence-corrected chi connectivity index (χ0v) is 11.5. The standard InChI is InChI=1S/C17H25N/c1-14-9-16-7-8-17(10-14)13-18(12-16)11-15-5-3-2-4-6-15/h2-6,14,16-17H,7-13H2,1H3. The number of rotatable bonds is 2. The molecule has 0 radical (unpaired) electrons. The lowest BCUT2D eigenvalue weighted by Crippen LogP contribution is -2.33. The Morgan fingerprint density at radius 3 is 2.22 bits per heavy atom. The average molecular weight is 243 g/mol. The fourth-order valence-corrected chi connectivity index (χ4v) is 4.05. The number of hydrogen-bond acceptors (Lipinski definition) is 1. The molecule has 0 N–H and O–H groups in total. The maximum Gasteiger partial charge on any atom is 0.0233 e. The van der Waals surface area contributed by atoms with Gasteiger partial charge in [-0.2, -0.15) is 0 Å². The molecule has 1 saturated carbocycles. The monoisotopic (exact) mass is 243 g/mol. The summed E-state index contributed by atoms with van der Waals surface area (Å²) in [6.07, 6.45) is 5.87. The van der Waals surface area contributed by atoms with E-state index in [1.54, 1.807) is 0 Å². The highest BCUT2D eigenvalue weighted by Gasteiger charge is 2.30. The van der Waals surface area contributed by atoms with E-state index in [9.17, 15) is 0 Å². The van der Waals surface area contributed by atoms with Crippen LogP contribution in [0.4, 0.5) is 0 Å². The molecule has 1 aliphatic carbocycles. The molecule has 98 valence electrons. The van der Waals surface area contributed by atoms with E-state index in [4.69, 9.17) is 0 Å². The summed E-state index contributed by atoms with van der Waals surface area (Å²) >= 11 is 0. The van der Waals surface area contributed by atoms with Crippen LogP contribution in [-0.4, -0.2) is 18.0 Å². The molecule has 0 aromatic heterocycles. The van der Waals surface area contributed by atoms with Crippen LogP contribution in [0.25, 0.3) is 0 Å². The van der Waals surface area contributed by atoms with Crippen molar-refractivity contribution in [1.29, 1.82) is 0 Å². The van der Waals surface area contributed by atoms with Gasteiger partial charge in [-0.15, -0.1) is 0 Å². The van der Waals surface area contributed by atoms with Gasteiger partial charge in [-0.05, 0) is 49.0 Å². The van der Waals surface area contributed by atoms with Gasteiger partial charge in [-0.25, -0.2) is 0 Å². The minimum Gasteiger partial charge on any atom is -0.299 e. The van der Waals surface area contributed by atoms with E-state index in [2.05, 4.69) is 42.2 Å². The predicted molar refractivity (Wildman–Crippen MR) is 76.3 cm³/mol. The van der Waals surface area contributed by atoms with Crippen molar-refractivity contribution < 1.29 is 0 Å². The number of nitrogens with zero attached hydrogens (tertiary/aromatic N) is 1. The normalized spacial score (nSPS) is 33.1. The van der Waals surface area contributed by atoms with Crippen molar-refractivity contribution >= 4 is 0 Å². The SMILES string of the molecule is CC1CC2CCC(C1)CN(Cc1ccccc1)C2. The van der Waals surface area contributed by atoms with Crippen molar-refractivity contribution in [3.05, 3.63) is 35.9 Å². The quantitative estimate of drug-likeness (QED) is 0.760. The van der Waals surface area contributed by atoms with Crippen LogP contribution in [0.5, 0.6) is 0 Å². The third kappa shape index (κ3) is 2.95. The van der Waals surface area contributed by atoms with Crippen molar-refractivity contribution in [1.82, 2.24) is 4.90 Å². The van der Waals surface area contributed by atoms with Crippen LogP contribution < -0.4 is 0 Å². The number of benzene rings is 1. The summed E-state index contributed by atoms with van der Waals surface area (Å²) in [4.78, 5) is 2.71. The molecule has 2 bridgehead atoms. The number of hydrogen-bond donors (Lipinski definition) is 0. The Balaban J connectivity index is 1.68. The minimum absolute atomic E-state index is 0.955. The molecule has 1 heterocycles. The first-order valence-corrected chi connectivity index (χ1v) is 7.56. The van der Waals surface area contributed by atoms with Crippen LogP contribution >= 0.6 is 0 Å². The zero-order valence-electron chi connectivity index (χ0n) is 11.5. The second-order valence-electron chi connectivity index (χ2n) is 6.57. The van der Waals surface area contributed by atoms with Gasteiger partial charge in [-0.3, -0.25) is 4.90 Å². The maximum absolute atomic E-state index is 2.71. The summed E-state index contributed by atoms with van der Waals surface area (Å²) in [5.41, 5.74) is 1.48. The van der Waals surface area contributed by atoms with Crippen molar-refractivity contribution in [3.63, 3.8) is 0 Å². The first kappa shape index (κ1) is 12.2. The van der Waals surface area contributed by atoms with E-state index in [1.165, 1.54) is 44.3 Å². The van der Waals surface area contributed by atoms with Gasteiger partial charge in [0.2, 0.25) is 0 Å². The van der Waals surface area contributed by atoms with Crippen LogP contribution in [0.3, 0.4) is 0 Å². The summed E-state index contributed by atoms with van der Waals surface area (Å²) in [7, 11) is 0. The first-order chi connectivity index (χ1) is 8.79. The summed E-state index contributed by atoms with van der Waals surface area (Å²) in [6.45, 7) is 6.27. The van der Waals surface area contributed by atoms with E-state index >= 15 is 0 Å². The van der Waals surface area contributed by atoms with Gasteiger partial charge in [-0.1, -0.05) is 37.3 Å². The molecule has 1 aliphatic heterocycles. The van der Waals surface area contributed by atoms with E-state index < -0.39 is 0 Å². The molecule has 0 spiro atoms. The molecule has 2 fully saturated rings. The fraction of sp³-hybridized carbons (Fsp3) is 0.647. The lowest BCUT2D eigenvalue weighted by Gasteiger charge is -2.31. The van der Waals surface area contributed by atoms with Crippen molar-refractivity contribution in [2.45, 2.75) is 39.2 Å². The molecule has 0 amide bonds. The first-order valence-electron chi connectivity index (χ1n) is 7.56. The molecule has 3 rings (SSSR count). The lowest BCUT2D eigenvalue weighted by molar-refractivity contribution is 0.171. The second-order valence-corrected chi connectivity index (χ2v) is 6.57. The summed E-state index contributed by atoms with van der Waals surface area (Å²) in [5, 5.41) is 0. The zero-order chi connectivity index (χ0) is 12.4. The van der Waals surface area contributed by atoms with Gasteiger partial charge in [0.05, 0.1) is 0 Å². The minimum atomic E-state index is 0.955. The molecule has 2 unspecified atom stereocenters. The third-order valence-corrected chi connectivity index (χ3v) is 4.74. The molecule has 2 aliphatic rings. The van der Waals surface area contributed by atoms with E-state index in [0.29, 0.717) is 0 Å². The Morgan fingerprint density at radius 2 is 1.61 bits per heavy atom. The Hall–Kier alpha value is -0.820. The molecule has 2 atom stereocenters. The molecular weight excluding hydrogens is 218 g/mol. The van der Waals surface area contributed by atoms with Crippen LogP contribution in [0.15, 0.2) is 30.3 Å². The van der Waals surface area contributed by atoms with Crippen molar-refractivity contribution in [3.8, 4) is 0 Å².